The van der Waals surface area contributed by atoms with E-state index < -0.39 is 0 Å². The van der Waals surface area contributed by atoms with Gasteiger partial charge in [-0.2, -0.15) is 0 Å². The predicted octanol–water partition coefficient (Wildman–Crippen LogP) is 4.47. The third kappa shape index (κ3) is 3.12. The Labute approximate surface area is 129 Å². The van der Waals surface area contributed by atoms with Crippen molar-refractivity contribution in [2.45, 2.75) is 37.6 Å². The molecule has 2 aromatic carbocycles. The monoisotopic (exact) mass is 303 g/mol. The largest absolute Gasteiger partial charge is 0.327 e. The maximum atomic E-state index is 13.1. The average Bonchev–Trinajstić information content (AvgIpc) is 2.49. The molecule has 0 radical (unpaired) electrons. The van der Waals surface area contributed by atoms with Gasteiger partial charge in [-0.15, -0.1) is 0 Å². The molecule has 0 heterocycles. The standard InChI is InChI=1S/C18H19ClFN/c19-17-11-14(20)9-8-13(17)10-18(21)16-7-3-5-12-4-1-2-6-15(12)16/h1-2,4,6,8-9,11,16,18H,3,5,7,10,21H2. The van der Waals surface area contributed by atoms with E-state index in [1.54, 1.807) is 6.07 Å². The molecule has 0 fully saturated rings. The molecule has 2 N–H and O–H groups in total. The van der Waals surface area contributed by atoms with Gasteiger partial charge in [0.2, 0.25) is 0 Å². The second-order valence-electron chi connectivity index (χ2n) is 5.80. The molecule has 1 nitrogen and oxygen atoms in total. The summed E-state index contributed by atoms with van der Waals surface area (Å²) in [6, 6.07) is 13.1. The lowest BCUT2D eigenvalue weighted by Crippen LogP contribution is -2.33. The summed E-state index contributed by atoms with van der Waals surface area (Å²) in [5.41, 5.74) is 10.2. The lowest BCUT2D eigenvalue weighted by atomic mass is 9.77. The van der Waals surface area contributed by atoms with Crippen molar-refractivity contribution >= 4 is 11.6 Å². The van der Waals surface area contributed by atoms with E-state index in [1.165, 1.54) is 29.7 Å². The summed E-state index contributed by atoms with van der Waals surface area (Å²) >= 11 is 6.12. The Morgan fingerprint density at radius 2 is 2.05 bits per heavy atom. The van der Waals surface area contributed by atoms with Crippen LogP contribution in [0.25, 0.3) is 0 Å². The molecule has 0 aliphatic heterocycles. The number of benzene rings is 2. The lowest BCUT2D eigenvalue weighted by Gasteiger charge is -2.30. The van der Waals surface area contributed by atoms with Gasteiger partial charge in [-0.25, -0.2) is 4.39 Å². The minimum atomic E-state index is -0.305. The zero-order chi connectivity index (χ0) is 14.8. The van der Waals surface area contributed by atoms with Crippen LogP contribution in [-0.4, -0.2) is 6.04 Å². The first kappa shape index (κ1) is 14.6. The number of halogens is 2. The quantitative estimate of drug-likeness (QED) is 0.889. The highest BCUT2D eigenvalue weighted by atomic mass is 35.5. The van der Waals surface area contributed by atoms with Crippen LogP contribution in [0, 0.1) is 5.82 Å². The van der Waals surface area contributed by atoms with Gasteiger partial charge >= 0.3 is 0 Å². The summed E-state index contributed by atoms with van der Waals surface area (Å²) in [6.07, 6.45) is 4.10. The fraction of sp³-hybridized carbons (Fsp3) is 0.333. The highest BCUT2D eigenvalue weighted by Gasteiger charge is 2.25. The Balaban J connectivity index is 1.81. The highest BCUT2D eigenvalue weighted by molar-refractivity contribution is 6.31. The number of aryl methyl sites for hydroxylation is 1. The summed E-state index contributed by atoms with van der Waals surface area (Å²) in [7, 11) is 0. The van der Waals surface area contributed by atoms with E-state index >= 15 is 0 Å². The van der Waals surface area contributed by atoms with Crippen LogP contribution in [0.4, 0.5) is 4.39 Å². The molecular weight excluding hydrogens is 285 g/mol. The van der Waals surface area contributed by atoms with Gasteiger partial charge in [-0.05, 0) is 60.4 Å². The molecule has 110 valence electrons. The Morgan fingerprint density at radius 1 is 1.24 bits per heavy atom. The zero-order valence-corrected chi connectivity index (χ0v) is 12.6. The molecular formula is C18H19ClFN. The molecule has 2 aromatic rings. The summed E-state index contributed by atoms with van der Waals surface area (Å²) in [5.74, 6) is 0.0522. The molecule has 1 aliphatic carbocycles. The second-order valence-corrected chi connectivity index (χ2v) is 6.21. The first-order valence-corrected chi connectivity index (χ1v) is 7.80. The fourth-order valence-corrected chi connectivity index (χ4v) is 3.56. The Kier molecular flexibility index (Phi) is 4.27. The first-order chi connectivity index (χ1) is 10.1. The molecule has 0 aromatic heterocycles. The van der Waals surface area contributed by atoms with Gasteiger partial charge in [0.15, 0.2) is 0 Å². The van der Waals surface area contributed by atoms with Crippen molar-refractivity contribution in [3.63, 3.8) is 0 Å². The van der Waals surface area contributed by atoms with Gasteiger partial charge in [-0.1, -0.05) is 41.9 Å². The minimum absolute atomic E-state index is 0.00871. The van der Waals surface area contributed by atoms with Gasteiger partial charge in [-0.3, -0.25) is 0 Å². The van der Waals surface area contributed by atoms with Gasteiger partial charge in [0.25, 0.3) is 0 Å². The molecule has 3 rings (SSSR count). The van der Waals surface area contributed by atoms with E-state index in [0.717, 1.165) is 18.4 Å². The van der Waals surface area contributed by atoms with E-state index in [0.29, 0.717) is 17.4 Å². The molecule has 0 saturated heterocycles. The van der Waals surface area contributed by atoms with Crippen LogP contribution in [0.15, 0.2) is 42.5 Å². The number of hydrogen-bond acceptors (Lipinski definition) is 1. The van der Waals surface area contributed by atoms with Crippen molar-refractivity contribution in [2.24, 2.45) is 5.73 Å². The number of rotatable bonds is 3. The number of fused-ring (bicyclic) bond motifs is 1. The molecule has 21 heavy (non-hydrogen) atoms. The van der Waals surface area contributed by atoms with Crippen molar-refractivity contribution < 1.29 is 4.39 Å². The lowest BCUT2D eigenvalue weighted by molar-refractivity contribution is 0.460. The van der Waals surface area contributed by atoms with Crippen LogP contribution >= 0.6 is 11.6 Å². The topological polar surface area (TPSA) is 26.0 Å². The number of nitrogens with two attached hydrogens (primary N) is 1. The Hall–Kier alpha value is -1.38. The summed E-state index contributed by atoms with van der Waals surface area (Å²) in [4.78, 5) is 0. The SMILES string of the molecule is NC(Cc1ccc(F)cc1Cl)C1CCCc2ccccc21. The third-order valence-electron chi connectivity index (χ3n) is 4.40. The zero-order valence-electron chi connectivity index (χ0n) is 11.9. The van der Waals surface area contributed by atoms with E-state index in [2.05, 4.69) is 24.3 Å². The Bertz CT molecular complexity index is 641. The van der Waals surface area contributed by atoms with E-state index in [1.807, 2.05) is 0 Å². The van der Waals surface area contributed by atoms with Crippen LogP contribution in [0.1, 0.15) is 35.4 Å². The molecule has 2 unspecified atom stereocenters. The summed E-state index contributed by atoms with van der Waals surface area (Å²) in [5, 5.41) is 0.467. The number of hydrogen-bond donors (Lipinski definition) is 1. The second kappa shape index (κ2) is 6.17. The summed E-state index contributed by atoms with van der Waals surface area (Å²) in [6.45, 7) is 0. The average molecular weight is 304 g/mol. The van der Waals surface area contributed by atoms with E-state index in [9.17, 15) is 4.39 Å². The predicted molar refractivity (Wildman–Crippen MR) is 85.2 cm³/mol. The molecule has 0 bridgehead atoms. The highest BCUT2D eigenvalue weighted by Crippen LogP contribution is 2.34. The molecule has 0 saturated carbocycles. The third-order valence-corrected chi connectivity index (χ3v) is 4.76. The molecule has 3 heteroatoms. The first-order valence-electron chi connectivity index (χ1n) is 7.42. The van der Waals surface area contributed by atoms with Crippen molar-refractivity contribution in [2.75, 3.05) is 0 Å². The van der Waals surface area contributed by atoms with Crippen molar-refractivity contribution in [3.8, 4) is 0 Å². The van der Waals surface area contributed by atoms with E-state index in [-0.39, 0.29) is 11.9 Å². The van der Waals surface area contributed by atoms with Crippen LogP contribution < -0.4 is 5.73 Å². The molecule has 2 atom stereocenters. The fourth-order valence-electron chi connectivity index (χ4n) is 3.32. The van der Waals surface area contributed by atoms with Crippen LogP contribution in [0.2, 0.25) is 5.02 Å². The van der Waals surface area contributed by atoms with Gasteiger partial charge < -0.3 is 5.73 Å². The smallest absolute Gasteiger partial charge is 0.124 e. The van der Waals surface area contributed by atoms with Crippen LogP contribution in [0.3, 0.4) is 0 Å². The maximum absolute atomic E-state index is 13.1. The Morgan fingerprint density at radius 3 is 2.86 bits per heavy atom. The van der Waals surface area contributed by atoms with Crippen LogP contribution in [-0.2, 0) is 12.8 Å². The van der Waals surface area contributed by atoms with Crippen molar-refractivity contribution in [3.05, 3.63) is 70.0 Å². The molecule has 0 amide bonds. The van der Waals surface area contributed by atoms with Gasteiger partial charge in [0.05, 0.1) is 0 Å². The molecule has 1 aliphatic rings. The minimum Gasteiger partial charge on any atom is -0.327 e. The van der Waals surface area contributed by atoms with Crippen LogP contribution in [0.5, 0.6) is 0 Å². The normalized spacial score (nSPS) is 19.1. The molecule has 0 spiro atoms. The summed E-state index contributed by atoms with van der Waals surface area (Å²) < 4.78 is 13.1. The van der Waals surface area contributed by atoms with Gasteiger partial charge in [0.1, 0.15) is 5.82 Å². The maximum Gasteiger partial charge on any atom is 0.124 e. The van der Waals surface area contributed by atoms with Crippen molar-refractivity contribution in [1.82, 2.24) is 0 Å². The van der Waals surface area contributed by atoms with Crippen molar-refractivity contribution in [1.29, 1.82) is 0 Å². The van der Waals surface area contributed by atoms with E-state index in [4.69, 9.17) is 17.3 Å². The van der Waals surface area contributed by atoms with Gasteiger partial charge in [0, 0.05) is 11.1 Å².